The summed E-state index contributed by atoms with van der Waals surface area (Å²) in [6.45, 7) is 8.50. The lowest BCUT2D eigenvalue weighted by molar-refractivity contribution is -0.142. The summed E-state index contributed by atoms with van der Waals surface area (Å²) in [6.07, 6.45) is 0. The minimum Gasteiger partial charge on any atom is -0.366 e. The van der Waals surface area contributed by atoms with E-state index in [-0.39, 0.29) is 5.91 Å². The maximum absolute atomic E-state index is 11.2. The van der Waals surface area contributed by atoms with Gasteiger partial charge < -0.3 is 10.1 Å². The Labute approximate surface area is 68.1 Å². The zero-order chi connectivity index (χ0) is 8.91. The summed E-state index contributed by atoms with van der Waals surface area (Å²) in [5.74, 6) is -0.0538. The van der Waals surface area contributed by atoms with Gasteiger partial charge in [-0.1, -0.05) is 0 Å². The lowest BCUT2D eigenvalue weighted by Gasteiger charge is -2.22. The van der Waals surface area contributed by atoms with Gasteiger partial charge in [-0.25, -0.2) is 0 Å². The molecule has 11 heavy (non-hydrogen) atoms. The molecular formula is C8H17NO2. The molecule has 0 aromatic rings. The van der Waals surface area contributed by atoms with E-state index in [1.807, 2.05) is 13.8 Å². The van der Waals surface area contributed by atoms with Crippen LogP contribution in [0.15, 0.2) is 0 Å². The number of likely N-dealkylation sites (N-methyl/N-ethyl adjacent to an activating group) is 1. The summed E-state index contributed by atoms with van der Waals surface area (Å²) < 4.78 is 5.23. The maximum atomic E-state index is 11.2. The van der Waals surface area contributed by atoms with Gasteiger partial charge in [-0.2, -0.15) is 0 Å². The fourth-order valence-corrected chi connectivity index (χ4v) is 0.800. The summed E-state index contributed by atoms with van der Waals surface area (Å²) in [7, 11) is 0. The van der Waals surface area contributed by atoms with Gasteiger partial charge in [0.25, 0.3) is 5.91 Å². The Morgan fingerprint density at radius 3 is 2.36 bits per heavy atom. The zero-order valence-corrected chi connectivity index (χ0v) is 7.73. The molecule has 0 unspecified atom stereocenters. The smallest absolute Gasteiger partial charge is 0.251 e. The Bertz CT molecular complexity index is 132. The lowest BCUT2D eigenvalue weighted by atomic mass is 10.1. The molecule has 0 fully saturated rings. The molecule has 3 heteroatoms. The van der Waals surface area contributed by atoms with Crippen molar-refractivity contribution in [3.63, 3.8) is 0 Å². The van der Waals surface area contributed by atoms with E-state index in [2.05, 4.69) is 5.32 Å². The van der Waals surface area contributed by atoms with E-state index in [1.54, 1.807) is 13.8 Å². The van der Waals surface area contributed by atoms with Crippen LogP contribution in [0.2, 0.25) is 0 Å². The molecule has 0 radical (unpaired) electrons. The molecule has 0 saturated heterocycles. The minimum atomic E-state index is -0.690. The molecule has 0 spiro atoms. The van der Waals surface area contributed by atoms with Crippen molar-refractivity contribution >= 4 is 5.91 Å². The molecule has 0 atom stereocenters. The third-order valence-corrected chi connectivity index (χ3v) is 1.39. The molecule has 1 amide bonds. The van der Waals surface area contributed by atoms with Crippen LogP contribution in [0, 0.1) is 0 Å². The highest BCUT2D eigenvalue weighted by atomic mass is 16.5. The van der Waals surface area contributed by atoms with Gasteiger partial charge in [-0.3, -0.25) is 4.79 Å². The molecule has 0 heterocycles. The number of nitrogens with one attached hydrogen (secondary N) is 1. The highest BCUT2D eigenvalue weighted by Crippen LogP contribution is 2.07. The number of hydrogen-bond acceptors (Lipinski definition) is 2. The quantitative estimate of drug-likeness (QED) is 0.663. The van der Waals surface area contributed by atoms with Crippen LogP contribution in [-0.2, 0) is 9.53 Å². The van der Waals surface area contributed by atoms with Gasteiger partial charge in [0.2, 0.25) is 0 Å². The molecular weight excluding hydrogens is 142 g/mol. The predicted octanol–water partition coefficient (Wildman–Crippen LogP) is 0.938. The second-order valence-corrected chi connectivity index (χ2v) is 2.80. The largest absolute Gasteiger partial charge is 0.366 e. The van der Waals surface area contributed by atoms with Crippen molar-refractivity contribution in [3.8, 4) is 0 Å². The number of ether oxygens (including phenoxy) is 1. The average Bonchev–Trinajstić information content (AvgIpc) is 1.88. The van der Waals surface area contributed by atoms with Gasteiger partial charge in [0.15, 0.2) is 0 Å². The summed E-state index contributed by atoms with van der Waals surface area (Å²) in [5, 5.41) is 2.71. The first-order chi connectivity index (χ1) is 5.04. The van der Waals surface area contributed by atoms with Gasteiger partial charge in [0.05, 0.1) is 0 Å². The van der Waals surface area contributed by atoms with E-state index >= 15 is 0 Å². The third-order valence-electron chi connectivity index (χ3n) is 1.39. The summed E-state index contributed by atoms with van der Waals surface area (Å²) in [6, 6.07) is 0. The van der Waals surface area contributed by atoms with E-state index in [0.717, 1.165) is 0 Å². The lowest BCUT2D eigenvalue weighted by Crippen LogP contribution is -2.44. The van der Waals surface area contributed by atoms with Crippen molar-refractivity contribution < 1.29 is 9.53 Å². The van der Waals surface area contributed by atoms with E-state index < -0.39 is 5.60 Å². The predicted molar refractivity (Wildman–Crippen MR) is 44.4 cm³/mol. The van der Waals surface area contributed by atoms with Gasteiger partial charge in [-0.05, 0) is 27.7 Å². The van der Waals surface area contributed by atoms with Gasteiger partial charge >= 0.3 is 0 Å². The molecule has 1 N–H and O–H groups in total. The van der Waals surface area contributed by atoms with Crippen molar-refractivity contribution in [2.24, 2.45) is 0 Å². The number of hydrogen-bond donors (Lipinski definition) is 1. The third kappa shape index (κ3) is 3.37. The highest BCUT2D eigenvalue weighted by Gasteiger charge is 2.26. The van der Waals surface area contributed by atoms with E-state index in [0.29, 0.717) is 13.2 Å². The van der Waals surface area contributed by atoms with Crippen LogP contribution in [0.4, 0.5) is 0 Å². The molecule has 0 aliphatic rings. The van der Waals surface area contributed by atoms with Crippen LogP contribution in [0.1, 0.15) is 27.7 Å². The molecule has 0 aromatic carbocycles. The number of carbonyl (C=O) groups excluding carboxylic acids is 1. The average molecular weight is 159 g/mol. The van der Waals surface area contributed by atoms with Crippen molar-refractivity contribution in [1.29, 1.82) is 0 Å². The van der Waals surface area contributed by atoms with Crippen LogP contribution >= 0.6 is 0 Å². The van der Waals surface area contributed by atoms with Crippen molar-refractivity contribution in [3.05, 3.63) is 0 Å². The summed E-state index contributed by atoms with van der Waals surface area (Å²) >= 11 is 0. The van der Waals surface area contributed by atoms with Gasteiger partial charge in [0, 0.05) is 13.2 Å². The van der Waals surface area contributed by atoms with E-state index in [9.17, 15) is 4.79 Å². The molecule has 0 aliphatic heterocycles. The van der Waals surface area contributed by atoms with Crippen molar-refractivity contribution in [1.82, 2.24) is 5.32 Å². The highest BCUT2D eigenvalue weighted by molar-refractivity contribution is 5.84. The van der Waals surface area contributed by atoms with Gasteiger partial charge in [0.1, 0.15) is 5.60 Å². The first-order valence-electron chi connectivity index (χ1n) is 3.96. The number of amides is 1. The normalized spacial score (nSPS) is 11.3. The first kappa shape index (κ1) is 10.4. The van der Waals surface area contributed by atoms with Crippen molar-refractivity contribution in [2.45, 2.75) is 33.3 Å². The van der Waals surface area contributed by atoms with Crippen LogP contribution in [0.3, 0.4) is 0 Å². The standard InChI is InChI=1S/C8H17NO2/c1-5-9-7(10)8(3,4)11-6-2/h5-6H2,1-4H3,(H,9,10). The molecule has 0 aromatic heterocycles. The Kier molecular flexibility index (Phi) is 4.11. The van der Waals surface area contributed by atoms with Crippen LogP contribution in [0.25, 0.3) is 0 Å². The molecule has 0 bridgehead atoms. The number of rotatable bonds is 4. The molecule has 66 valence electrons. The monoisotopic (exact) mass is 159 g/mol. The zero-order valence-electron chi connectivity index (χ0n) is 7.73. The Hall–Kier alpha value is -0.570. The first-order valence-corrected chi connectivity index (χ1v) is 3.96. The second-order valence-electron chi connectivity index (χ2n) is 2.80. The summed E-state index contributed by atoms with van der Waals surface area (Å²) in [4.78, 5) is 11.2. The topological polar surface area (TPSA) is 38.3 Å². The molecule has 0 aliphatic carbocycles. The SMILES string of the molecule is CCNC(=O)C(C)(C)OCC. The van der Waals surface area contributed by atoms with Crippen molar-refractivity contribution in [2.75, 3.05) is 13.2 Å². The Morgan fingerprint density at radius 1 is 1.45 bits per heavy atom. The molecule has 0 saturated carbocycles. The maximum Gasteiger partial charge on any atom is 0.251 e. The minimum absolute atomic E-state index is 0.0538. The second kappa shape index (κ2) is 4.34. The van der Waals surface area contributed by atoms with Crippen LogP contribution < -0.4 is 5.32 Å². The molecule has 3 nitrogen and oxygen atoms in total. The fourth-order valence-electron chi connectivity index (χ4n) is 0.800. The van der Waals surface area contributed by atoms with Gasteiger partial charge in [-0.15, -0.1) is 0 Å². The Morgan fingerprint density at radius 2 is 2.00 bits per heavy atom. The van der Waals surface area contributed by atoms with E-state index in [4.69, 9.17) is 4.74 Å². The fraction of sp³-hybridized carbons (Fsp3) is 0.875. The molecule has 0 rings (SSSR count). The Balaban J connectivity index is 3.94. The van der Waals surface area contributed by atoms with Crippen LogP contribution in [0.5, 0.6) is 0 Å². The van der Waals surface area contributed by atoms with E-state index in [1.165, 1.54) is 0 Å². The van der Waals surface area contributed by atoms with Crippen LogP contribution in [-0.4, -0.2) is 24.7 Å². The number of carbonyl (C=O) groups is 1. The summed E-state index contributed by atoms with van der Waals surface area (Å²) in [5.41, 5.74) is -0.690.